The maximum atomic E-state index is 12.1. The zero-order chi connectivity index (χ0) is 18.0. The molecule has 1 atom stereocenters. The SMILES string of the molecule is CS(=O)c1ccc(C(=O)OCc2cc(=O)n3cc(Cl)ccc3n2)cc1. The van der Waals surface area contributed by atoms with E-state index >= 15 is 0 Å². The third kappa shape index (κ3) is 3.94. The standard InChI is InChI=1S/C17H13ClN2O4S/c1-25(23)14-5-2-11(3-6-14)17(22)24-10-13-8-16(21)20-9-12(18)4-7-15(20)19-13/h2-9H,10H2,1H3. The molecule has 1 unspecified atom stereocenters. The van der Waals surface area contributed by atoms with Gasteiger partial charge in [0.05, 0.1) is 16.3 Å². The van der Waals surface area contributed by atoms with E-state index in [0.29, 0.717) is 26.8 Å². The normalized spacial score (nSPS) is 12.1. The summed E-state index contributed by atoms with van der Waals surface area (Å²) in [5.74, 6) is -0.549. The van der Waals surface area contributed by atoms with Crippen LogP contribution in [0.5, 0.6) is 0 Å². The van der Waals surface area contributed by atoms with Crippen molar-refractivity contribution in [2.45, 2.75) is 11.5 Å². The van der Waals surface area contributed by atoms with Gasteiger partial charge in [-0.3, -0.25) is 13.4 Å². The van der Waals surface area contributed by atoms with E-state index in [2.05, 4.69) is 4.98 Å². The lowest BCUT2D eigenvalue weighted by atomic mass is 10.2. The number of benzene rings is 1. The van der Waals surface area contributed by atoms with Gasteiger partial charge in [0.1, 0.15) is 12.3 Å². The molecule has 0 spiro atoms. The van der Waals surface area contributed by atoms with E-state index in [1.807, 2.05) is 0 Å². The number of rotatable bonds is 4. The van der Waals surface area contributed by atoms with E-state index in [9.17, 15) is 13.8 Å². The van der Waals surface area contributed by atoms with Crippen molar-refractivity contribution in [3.05, 3.63) is 75.3 Å². The maximum Gasteiger partial charge on any atom is 0.338 e. The zero-order valence-electron chi connectivity index (χ0n) is 13.1. The topological polar surface area (TPSA) is 77.7 Å². The Morgan fingerprint density at radius 2 is 1.96 bits per heavy atom. The summed E-state index contributed by atoms with van der Waals surface area (Å²) in [6.07, 6.45) is 3.03. The van der Waals surface area contributed by atoms with Crippen molar-refractivity contribution < 1.29 is 13.7 Å². The highest BCUT2D eigenvalue weighted by Gasteiger charge is 2.10. The smallest absolute Gasteiger partial charge is 0.338 e. The van der Waals surface area contributed by atoms with Crippen LogP contribution in [0.2, 0.25) is 5.02 Å². The summed E-state index contributed by atoms with van der Waals surface area (Å²) in [5, 5.41) is 0.423. The molecule has 3 rings (SSSR count). The van der Waals surface area contributed by atoms with Crippen LogP contribution in [0, 0.1) is 0 Å². The van der Waals surface area contributed by atoms with E-state index in [-0.39, 0.29) is 12.2 Å². The predicted octanol–water partition coefficient (Wildman–Crippen LogP) is 2.44. The van der Waals surface area contributed by atoms with Crippen molar-refractivity contribution in [2.24, 2.45) is 0 Å². The Kier molecular flexibility index (Phi) is 4.96. The fraction of sp³-hybridized carbons (Fsp3) is 0.118. The largest absolute Gasteiger partial charge is 0.456 e. The van der Waals surface area contributed by atoms with Crippen LogP contribution in [0.1, 0.15) is 16.1 Å². The molecule has 128 valence electrons. The molecule has 0 N–H and O–H groups in total. The van der Waals surface area contributed by atoms with Crippen molar-refractivity contribution in [1.29, 1.82) is 0 Å². The average molecular weight is 377 g/mol. The number of fused-ring (bicyclic) bond motifs is 1. The zero-order valence-corrected chi connectivity index (χ0v) is 14.7. The van der Waals surface area contributed by atoms with Gasteiger partial charge in [0.25, 0.3) is 5.56 Å². The van der Waals surface area contributed by atoms with Crippen molar-refractivity contribution in [2.75, 3.05) is 6.26 Å². The number of halogens is 1. The molecule has 0 bridgehead atoms. The lowest BCUT2D eigenvalue weighted by Crippen LogP contribution is -2.16. The van der Waals surface area contributed by atoms with E-state index in [4.69, 9.17) is 16.3 Å². The molecule has 0 saturated carbocycles. The Labute approximate surface area is 150 Å². The van der Waals surface area contributed by atoms with Crippen molar-refractivity contribution in [3.8, 4) is 0 Å². The number of pyridine rings is 1. The highest BCUT2D eigenvalue weighted by Crippen LogP contribution is 2.11. The molecule has 0 aliphatic heterocycles. The number of esters is 1. The number of hydrogen-bond donors (Lipinski definition) is 0. The first-order valence-electron chi connectivity index (χ1n) is 7.22. The highest BCUT2D eigenvalue weighted by molar-refractivity contribution is 7.84. The number of nitrogens with zero attached hydrogens (tertiary/aromatic N) is 2. The number of ether oxygens (including phenoxy) is 1. The van der Waals surface area contributed by atoms with E-state index in [1.54, 1.807) is 42.7 Å². The van der Waals surface area contributed by atoms with Crippen molar-refractivity contribution in [1.82, 2.24) is 9.38 Å². The van der Waals surface area contributed by atoms with Crippen LogP contribution in [0.3, 0.4) is 0 Å². The highest BCUT2D eigenvalue weighted by atomic mass is 35.5. The van der Waals surface area contributed by atoms with Gasteiger partial charge in [-0.05, 0) is 36.4 Å². The quantitative estimate of drug-likeness (QED) is 0.653. The van der Waals surface area contributed by atoms with Gasteiger partial charge < -0.3 is 4.74 Å². The van der Waals surface area contributed by atoms with Crippen LogP contribution in [-0.4, -0.2) is 25.8 Å². The summed E-state index contributed by atoms with van der Waals surface area (Å²) < 4.78 is 17.9. The van der Waals surface area contributed by atoms with Gasteiger partial charge in [0.15, 0.2) is 0 Å². The average Bonchev–Trinajstić information content (AvgIpc) is 2.60. The first-order valence-corrected chi connectivity index (χ1v) is 9.16. The second-order valence-corrected chi connectivity index (χ2v) is 7.03. The van der Waals surface area contributed by atoms with Crippen LogP contribution < -0.4 is 5.56 Å². The van der Waals surface area contributed by atoms with Gasteiger partial charge in [0.2, 0.25) is 0 Å². The molecule has 8 heteroatoms. The van der Waals surface area contributed by atoms with Gasteiger partial charge in [-0.15, -0.1) is 0 Å². The number of aromatic nitrogens is 2. The van der Waals surface area contributed by atoms with Crippen LogP contribution in [0.25, 0.3) is 5.65 Å². The molecule has 2 aromatic heterocycles. The first-order chi connectivity index (χ1) is 11.9. The minimum Gasteiger partial charge on any atom is -0.456 e. The summed E-state index contributed by atoms with van der Waals surface area (Å²) in [7, 11) is -1.11. The second-order valence-electron chi connectivity index (χ2n) is 5.22. The van der Waals surface area contributed by atoms with E-state index in [0.717, 1.165) is 0 Å². The minimum atomic E-state index is -1.11. The molecule has 2 heterocycles. The Bertz CT molecular complexity index is 1030. The van der Waals surface area contributed by atoms with Gasteiger partial charge in [-0.2, -0.15) is 0 Å². The first kappa shape index (κ1) is 17.3. The van der Waals surface area contributed by atoms with Gasteiger partial charge >= 0.3 is 5.97 Å². The van der Waals surface area contributed by atoms with Crippen LogP contribution in [0.15, 0.2) is 58.4 Å². The van der Waals surface area contributed by atoms with E-state index < -0.39 is 16.8 Å². The Morgan fingerprint density at radius 3 is 2.64 bits per heavy atom. The Morgan fingerprint density at radius 1 is 1.24 bits per heavy atom. The molecule has 0 fully saturated rings. The minimum absolute atomic E-state index is 0.130. The fourth-order valence-corrected chi connectivity index (χ4v) is 2.89. The monoisotopic (exact) mass is 376 g/mol. The molecule has 6 nitrogen and oxygen atoms in total. The fourth-order valence-electron chi connectivity index (χ4n) is 2.21. The lowest BCUT2D eigenvalue weighted by molar-refractivity contribution is 0.0467. The Balaban J connectivity index is 1.75. The molecule has 0 radical (unpaired) electrons. The molecular weight excluding hydrogens is 364 g/mol. The summed E-state index contributed by atoms with van der Waals surface area (Å²) >= 11 is 5.86. The van der Waals surface area contributed by atoms with Gasteiger partial charge in [0, 0.05) is 34.2 Å². The maximum absolute atomic E-state index is 12.1. The van der Waals surface area contributed by atoms with Gasteiger partial charge in [-0.1, -0.05) is 11.6 Å². The summed E-state index contributed by atoms with van der Waals surface area (Å²) in [4.78, 5) is 29.0. The molecule has 0 amide bonds. The van der Waals surface area contributed by atoms with Crippen LogP contribution >= 0.6 is 11.6 Å². The number of hydrogen-bond acceptors (Lipinski definition) is 5. The molecular formula is C17H13ClN2O4S. The number of carbonyl (C=O) groups excluding carboxylic acids is 1. The van der Waals surface area contributed by atoms with Gasteiger partial charge in [-0.25, -0.2) is 9.78 Å². The molecule has 25 heavy (non-hydrogen) atoms. The summed E-state index contributed by atoms with van der Waals surface area (Å²) in [5.41, 5.74) is 0.775. The molecule has 1 aromatic carbocycles. The third-order valence-electron chi connectivity index (χ3n) is 3.45. The summed E-state index contributed by atoms with van der Waals surface area (Å²) in [6.45, 7) is -0.130. The van der Waals surface area contributed by atoms with Crippen molar-refractivity contribution >= 4 is 34.0 Å². The predicted molar refractivity (Wildman–Crippen MR) is 94.4 cm³/mol. The second kappa shape index (κ2) is 7.16. The van der Waals surface area contributed by atoms with Crippen molar-refractivity contribution in [3.63, 3.8) is 0 Å². The number of carbonyl (C=O) groups is 1. The molecule has 0 aliphatic rings. The Hall–Kier alpha value is -2.51. The molecule has 0 aliphatic carbocycles. The summed E-state index contributed by atoms with van der Waals surface area (Å²) in [6, 6.07) is 10.8. The molecule has 3 aromatic rings. The molecule has 0 saturated heterocycles. The van der Waals surface area contributed by atoms with Crippen LogP contribution in [0.4, 0.5) is 0 Å². The van der Waals surface area contributed by atoms with Crippen LogP contribution in [-0.2, 0) is 22.1 Å². The van der Waals surface area contributed by atoms with E-state index in [1.165, 1.54) is 16.7 Å². The lowest BCUT2D eigenvalue weighted by Gasteiger charge is -2.06. The third-order valence-corrected chi connectivity index (χ3v) is 4.61.